The minimum absolute atomic E-state index is 0.00879. The molecule has 1 aliphatic heterocycles. The Morgan fingerprint density at radius 1 is 0.935 bits per heavy atom. The lowest BCUT2D eigenvalue weighted by Gasteiger charge is -2.35. The van der Waals surface area contributed by atoms with Crippen LogP contribution in [0.3, 0.4) is 0 Å². The van der Waals surface area contributed by atoms with E-state index in [0.29, 0.717) is 37.7 Å². The van der Waals surface area contributed by atoms with Gasteiger partial charge >= 0.3 is 0 Å². The molecule has 0 unspecified atom stereocenters. The second-order valence-electron chi connectivity index (χ2n) is 7.33. The molecule has 7 nitrogen and oxygen atoms in total. The molecule has 0 aliphatic carbocycles. The van der Waals surface area contributed by atoms with Crippen LogP contribution in [0.15, 0.2) is 60.7 Å². The smallest absolute Gasteiger partial charge is 0.260 e. The van der Waals surface area contributed by atoms with Crippen molar-refractivity contribution in [2.24, 2.45) is 0 Å². The van der Waals surface area contributed by atoms with Crippen molar-refractivity contribution in [1.82, 2.24) is 14.9 Å². The number of piperazine rings is 1. The predicted octanol–water partition coefficient (Wildman–Crippen LogP) is 3.19. The Labute approximate surface area is 182 Å². The van der Waals surface area contributed by atoms with E-state index in [1.54, 1.807) is 13.2 Å². The highest BCUT2D eigenvalue weighted by Crippen LogP contribution is 2.26. The molecule has 0 spiro atoms. The Balaban J connectivity index is 1.36. The lowest BCUT2D eigenvalue weighted by atomic mass is 10.1. The summed E-state index contributed by atoms with van der Waals surface area (Å²) < 4.78 is 11.0. The van der Waals surface area contributed by atoms with Crippen molar-refractivity contribution in [3.63, 3.8) is 0 Å². The minimum Gasteiger partial charge on any atom is -0.493 e. The number of aryl methyl sites for hydroxylation is 1. The number of carbonyl (C=O) groups excluding carboxylic acids is 1. The molecule has 4 rings (SSSR count). The second-order valence-corrected chi connectivity index (χ2v) is 7.33. The normalized spacial score (nSPS) is 13.7. The highest BCUT2D eigenvalue weighted by atomic mass is 16.5. The number of carbonyl (C=O) groups is 1. The zero-order valence-corrected chi connectivity index (χ0v) is 17.8. The quantitative estimate of drug-likeness (QED) is 0.613. The Kier molecular flexibility index (Phi) is 6.31. The van der Waals surface area contributed by atoms with E-state index in [1.807, 2.05) is 66.4 Å². The van der Waals surface area contributed by atoms with E-state index in [2.05, 4.69) is 14.9 Å². The molecule has 1 amide bonds. The largest absolute Gasteiger partial charge is 0.493 e. The molecule has 3 aromatic rings. The Morgan fingerprint density at radius 2 is 1.61 bits per heavy atom. The van der Waals surface area contributed by atoms with Crippen LogP contribution in [0.25, 0.3) is 11.3 Å². The lowest BCUT2D eigenvalue weighted by Crippen LogP contribution is -2.50. The molecule has 2 aromatic carbocycles. The fourth-order valence-electron chi connectivity index (χ4n) is 3.62. The summed E-state index contributed by atoms with van der Waals surface area (Å²) >= 11 is 0. The van der Waals surface area contributed by atoms with Crippen LogP contribution in [0.1, 0.15) is 5.82 Å². The van der Waals surface area contributed by atoms with Gasteiger partial charge in [-0.2, -0.15) is 0 Å². The summed E-state index contributed by atoms with van der Waals surface area (Å²) in [5, 5.41) is 0. The van der Waals surface area contributed by atoms with Crippen LogP contribution >= 0.6 is 0 Å². The van der Waals surface area contributed by atoms with E-state index in [-0.39, 0.29) is 12.5 Å². The number of para-hydroxylation sites is 2. The van der Waals surface area contributed by atoms with Gasteiger partial charge in [0.25, 0.3) is 5.91 Å². The highest BCUT2D eigenvalue weighted by molar-refractivity contribution is 5.78. The van der Waals surface area contributed by atoms with Crippen LogP contribution in [-0.4, -0.2) is 60.7 Å². The predicted molar refractivity (Wildman–Crippen MR) is 119 cm³/mol. The highest BCUT2D eigenvalue weighted by Gasteiger charge is 2.23. The molecule has 1 aromatic heterocycles. The van der Waals surface area contributed by atoms with E-state index in [9.17, 15) is 4.79 Å². The Bertz CT molecular complexity index is 1030. The maximum Gasteiger partial charge on any atom is 0.260 e. The van der Waals surface area contributed by atoms with Crippen LogP contribution in [0.5, 0.6) is 11.5 Å². The molecule has 2 heterocycles. The van der Waals surface area contributed by atoms with Gasteiger partial charge in [0, 0.05) is 37.8 Å². The first kappa shape index (κ1) is 20.7. The number of ether oxygens (including phenoxy) is 2. The van der Waals surface area contributed by atoms with Crippen molar-refractivity contribution >= 4 is 11.7 Å². The minimum atomic E-state index is -0.0330. The monoisotopic (exact) mass is 418 g/mol. The van der Waals surface area contributed by atoms with Crippen LogP contribution in [0, 0.1) is 6.92 Å². The van der Waals surface area contributed by atoms with E-state index in [4.69, 9.17) is 9.47 Å². The average molecular weight is 418 g/mol. The van der Waals surface area contributed by atoms with Gasteiger partial charge in [-0.3, -0.25) is 4.79 Å². The van der Waals surface area contributed by atoms with Gasteiger partial charge in [-0.15, -0.1) is 0 Å². The van der Waals surface area contributed by atoms with Gasteiger partial charge < -0.3 is 19.3 Å². The van der Waals surface area contributed by atoms with E-state index in [0.717, 1.165) is 22.9 Å². The molecule has 1 fully saturated rings. The second kappa shape index (κ2) is 9.47. The van der Waals surface area contributed by atoms with Crippen LogP contribution < -0.4 is 14.4 Å². The molecule has 31 heavy (non-hydrogen) atoms. The Hall–Kier alpha value is -3.61. The SMILES string of the molecule is COc1ccccc1OCC(=O)N1CCN(c2cc(-c3ccccc3)nc(C)n2)CC1. The molecule has 1 aliphatic rings. The topological polar surface area (TPSA) is 67.8 Å². The van der Waals surface area contributed by atoms with E-state index in [1.165, 1.54) is 0 Å². The summed E-state index contributed by atoms with van der Waals surface area (Å²) in [6, 6.07) is 19.4. The van der Waals surface area contributed by atoms with Crippen molar-refractivity contribution in [1.29, 1.82) is 0 Å². The van der Waals surface area contributed by atoms with Gasteiger partial charge in [0.15, 0.2) is 18.1 Å². The molecular formula is C24H26N4O3. The van der Waals surface area contributed by atoms with Crippen LogP contribution in [0.2, 0.25) is 0 Å². The molecule has 0 radical (unpaired) electrons. The summed E-state index contributed by atoms with van der Waals surface area (Å²) in [7, 11) is 1.58. The van der Waals surface area contributed by atoms with Crippen molar-refractivity contribution in [3.05, 3.63) is 66.5 Å². The third-order valence-corrected chi connectivity index (χ3v) is 5.27. The lowest BCUT2D eigenvalue weighted by molar-refractivity contribution is -0.133. The molecular weight excluding hydrogens is 392 g/mol. The number of anilines is 1. The van der Waals surface area contributed by atoms with Crippen molar-refractivity contribution < 1.29 is 14.3 Å². The number of hydrogen-bond donors (Lipinski definition) is 0. The number of benzene rings is 2. The van der Waals surface area contributed by atoms with E-state index >= 15 is 0 Å². The molecule has 0 bridgehead atoms. The van der Waals surface area contributed by atoms with Crippen molar-refractivity contribution in [2.45, 2.75) is 6.92 Å². The summed E-state index contributed by atoms with van der Waals surface area (Å²) in [6.45, 7) is 4.57. The summed E-state index contributed by atoms with van der Waals surface area (Å²) in [4.78, 5) is 25.9. The van der Waals surface area contributed by atoms with Gasteiger partial charge in [0.2, 0.25) is 0 Å². The van der Waals surface area contributed by atoms with Gasteiger partial charge in [-0.25, -0.2) is 9.97 Å². The van der Waals surface area contributed by atoms with Gasteiger partial charge in [0.05, 0.1) is 12.8 Å². The molecule has 1 saturated heterocycles. The van der Waals surface area contributed by atoms with Crippen LogP contribution in [-0.2, 0) is 4.79 Å². The molecule has 0 saturated carbocycles. The maximum absolute atomic E-state index is 12.6. The van der Waals surface area contributed by atoms with Gasteiger partial charge in [0.1, 0.15) is 11.6 Å². The first-order chi connectivity index (χ1) is 15.1. The average Bonchev–Trinajstić information content (AvgIpc) is 2.83. The maximum atomic E-state index is 12.6. The summed E-state index contributed by atoms with van der Waals surface area (Å²) in [5.74, 6) is 2.79. The van der Waals surface area contributed by atoms with E-state index < -0.39 is 0 Å². The number of nitrogens with zero attached hydrogens (tertiary/aromatic N) is 4. The number of methoxy groups -OCH3 is 1. The number of aromatic nitrogens is 2. The van der Waals surface area contributed by atoms with Gasteiger partial charge in [-0.1, -0.05) is 42.5 Å². The van der Waals surface area contributed by atoms with Crippen LogP contribution in [0.4, 0.5) is 5.82 Å². The van der Waals surface area contributed by atoms with Crippen molar-refractivity contribution in [2.75, 3.05) is 44.8 Å². The third kappa shape index (κ3) is 4.94. The first-order valence-corrected chi connectivity index (χ1v) is 10.3. The molecule has 0 N–H and O–H groups in total. The molecule has 0 atom stereocenters. The number of hydrogen-bond acceptors (Lipinski definition) is 6. The van der Waals surface area contributed by atoms with Crippen molar-refractivity contribution in [3.8, 4) is 22.8 Å². The fraction of sp³-hybridized carbons (Fsp3) is 0.292. The number of amides is 1. The third-order valence-electron chi connectivity index (χ3n) is 5.27. The Morgan fingerprint density at radius 3 is 2.32 bits per heavy atom. The standard InChI is InChI=1S/C24H26N4O3/c1-18-25-20(19-8-4-3-5-9-19)16-23(26-18)27-12-14-28(15-13-27)24(29)17-31-22-11-7-6-10-21(22)30-2/h3-11,16H,12-15,17H2,1-2H3. The zero-order chi connectivity index (χ0) is 21.6. The summed E-state index contributed by atoms with van der Waals surface area (Å²) in [5.41, 5.74) is 1.98. The number of rotatable bonds is 6. The molecule has 7 heteroatoms. The summed E-state index contributed by atoms with van der Waals surface area (Å²) in [6.07, 6.45) is 0. The fourth-order valence-corrected chi connectivity index (χ4v) is 3.62. The first-order valence-electron chi connectivity index (χ1n) is 10.3. The molecule has 160 valence electrons. The zero-order valence-electron chi connectivity index (χ0n) is 17.8. The van der Waals surface area contributed by atoms with Gasteiger partial charge in [-0.05, 0) is 19.1 Å².